The van der Waals surface area contributed by atoms with Gasteiger partial charge in [-0.15, -0.1) is 0 Å². The van der Waals surface area contributed by atoms with Crippen LogP contribution in [0.15, 0.2) is 54.6 Å². The SMILES string of the molecule is CN1CCO[C@](Cc2ccccc2)(C(O)C(=O)Nc2ccc(C#N)cc2)C1=O. The summed E-state index contributed by atoms with van der Waals surface area (Å²) in [6.07, 6.45) is -1.64. The summed E-state index contributed by atoms with van der Waals surface area (Å²) in [6, 6.07) is 17.3. The first kappa shape index (κ1) is 19.5. The van der Waals surface area contributed by atoms with Crippen LogP contribution in [-0.2, 0) is 20.7 Å². The summed E-state index contributed by atoms with van der Waals surface area (Å²) in [5.41, 5.74) is -0.0669. The van der Waals surface area contributed by atoms with Crippen LogP contribution >= 0.6 is 0 Å². The maximum Gasteiger partial charge on any atom is 0.258 e. The molecule has 0 aromatic heterocycles. The van der Waals surface area contributed by atoms with E-state index in [2.05, 4.69) is 5.32 Å². The van der Waals surface area contributed by atoms with Gasteiger partial charge < -0.3 is 20.1 Å². The van der Waals surface area contributed by atoms with Crippen LogP contribution in [0.2, 0.25) is 0 Å². The molecule has 2 N–H and O–H groups in total. The van der Waals surface area contributed by atoms with E-state index in [0.717, 1.165) is 5.56 Å². The summed E-state index contributed by atoms with van der Waals surface area (Å²) in [5.74, 6) is -1.19. The maximum atomic E-state index is 13.0. The number of hydrogen-bond acceptors (Lipinski definition) is 5. The molecule has 1 saturated heterocycles. The third-order valence-electron chi connectivity index (χ3n) is 4.78. The van der Waals surface area contributed by atoms with Crippen LogP contribution in [0.3, 0.4) is 0 Å². The summed E-state index contributed by atoms with van der Waals surface area (Å²) in [5, 5.41) is 22.3. The van der Waals surface area contributed by atoms with E-state index in [4.69, 9.17) is 10.00 Å². The van der Waals surface area contributed by atoms with E-state index in [-0.39, 0.29) is 13.0 Å². The maximum absolute atomic E-state index is 13.0. The fourth-order valence-corrected chi connectivity index (χ4v) is 3.22. The summed E-state index contributed by atoms with van der Waals surface area (Å²) in [6.45, 7) is 0.607. The van der Waals surface area contributed by atoms with Crippen molar-refractivity contribution in [2.24, 2.45) is 0 Å². The first-order chi connectivity index (χ1) is 13.5. The predicted octanol–water partition coefficient (Wildman–Crippen LogP) is 1.33. The quantitative estimate of drug-likeness (QED) is 0.816. The molecule has 1 fully saturated rings. The molecule has 2 aromatic carbocycles. The molecule has 7 nitrogen and oxygen atoms in total. The summed E-state index contributed by atoms with van der Waals surface area (Å²) < 4.78 is 5.76. The number of morpholine rings is 1. The summed E-state index contributed by atoms with van der Waals surface area (Å²) in [7, 11) is 1.62. The second kappa shape index (κ2) is 8.21. The number of carbonyl (C=O) groups is 2. The minimum atomic E-state index is -1.71. The zero-order chi connectivity index (χ0) is 20.1. The number of rotatable bonds is 5. The third-order valence-corrected chi connectivity index (χ3v) is 4.78. The third kappa shape index (κ3) is 3.88. The molecule has 144 valence electrons. The first-order valence-corrected chi connectivity index (χ1v) is 8.89. The highest BCUT2D eigenvalue weighted by molar-refractivity contribution is 6.01. The molecule has 0 saturated carbocycles. The number of amides is 2. The summed E-state index contributed by atoms with van der Waals surface area (Å²) >= 11 is 0. The van der Waals surface area contributed by atoms with Crippen LogP contribution in [0.4, 0.5) is 5.69 Å². The van der Waals surface area contributed by atoms with Gasteiger partial charge in [0.25, 0.3) is 11.8 Å². The Hall–Kier alpha value is -3.21. The Morgan fingerprint density at radius 3 is 2.61 bits per heavy atom. The standard InChI is InChI=1S/C21H21N3O4/c1-24-11-12-28-21(20(24)27,13-15-5-3-2-4-6-15)18(25)19(26)23-17-9-7-16(14-22)8-10-17/h2-10,18,25H,11-13H2,1H3,(H,23,26)/t18?,21-/m1/s1. The second-order valence-electron chi connectivity index (χ2n) is 6.71. The molecule has 7 heteroatoms. The van der Waals surface area contributed by atoms with Crippen molar-refractivity contribution in [2.45, 2.75) is 18.1 Å². The largest absolute Gasteiger partial charge is 0.380 e. The van der Waals surface area contributed by atoms with Gasteiger partial charge in [-0.25, -0.2) is 0 Å². The molecule has 0 radical (unpaired) electrons. The van der Waals surface area contributed by atoms with Crippen molar-refractivity contribution in [3.05, 3.63) is 65.7 Å². The van der Waals surface area contributed by atoms with Gasteiger partial charge in [-0.05, 0) is 29.8 Å². The zero-order valence-electron chi connectivity index (χ0n) is 15.5. The number of nitrogens with one attached hydrogen (secondary N) is 1. The number of nitriles is 1. The molecule has 3 rings (SSSR count). The molecular formula is C21H21N3O4. The number of hydrogen-bond donors (Lipinski definition) is 2. The lowest BCUT2D eigenvalue weighted by molar-refractivity contribution is -0.190. The van der Waals surface area contributed by atoms with Crippen molar-refractivity contribution in [1.82, 2.24) is 4.90 Å². The molecule has 0 spiro atoms. The molecule has 0 bridgehead atoms. The van der Waals surface area contributed by atoms with Crippen LogP contribution in [0.1, 0.15) is 11.1 Å². The Morgan fingerprint density at radius 1 is 1.29 bits per heavy atom. The number of carbonyl (C=O) groups excluding carboxylic acids is 2. The van der Waals surface area contributed by atoms with Crippen LogP contribution in [0, 0.1) is 11.3 Å². The number of likely N-dealkylation sites (N-methyl/N-ethyl adjacent to an activating group) is 1. The number of anilines is 1. The smallest absolute Gasteiger partial charge is 0.258 e. The van der Waals surface area contributed by atoms with Gasteiger partial charge in [0.2, 0.25) is 0 Å². The lowest BCUT2D eigenvalue weighted by Crippen LogP contribution is -2.65. The molecule has 1 aliphatic rings. The Bertz CT molecular complexity index is 892. The van der Waals surface area contributed by atoms with Crippen LogP contribution in [0.25, 0.3) is 0 Å². The fourth-order valence-electron chi connectivity index (χ4n) is 3.22. The fraction of sp³-hybridized carbons (Fsp3) is 0.286. The molecule has 1 heterocycles. The highest BCUT2D eigenvalue weighted by atomic mass is 16.5. The van der Waals surface area contributed by atoms with Crippen molar-refractivity contribution >= 4 is 17.5 Å². The Morgan fingerprint density at radius 2 is 1.96 bits per heavy atom. The van der Waals surface area contributed by atoms with Gasteiger partial charge in [-0.1, -0.05) is 30.3 Å². The highest BCUT2D eigenvalue weighted by Crippen LogP contribution is 2.29. The lowest BCUT2D eigenvalue weighted by atomic mass is 9.85. The monoisotopic (exact) mass is 379 g/mol. The van der Waals surface area contributed by atoms with Crippen molar-refractivity contribution in [2.75, 3.05) is 25.5 Å². The van der Waals surface area contributed by atoms with Crippen molar-refractivity contribution in [3.63, 3.8) is 0 Å². The van der Waals surface area contributed by atoms with E-state index in [9.17, 15) is 14.7 Å². The Kier molecular flexibility index (Phi) is 5.73. The predicted molar refractivity (Wildman–Crippen MR) is 102 cm³/mol. The minimum absolute atomic E-state index is 0.0684. The molecular weight excluding hydrogens is 358 g/mol. The van der Waals surface area contributed by atoms with Crippen LogP contribution < -0.4 is 5.32 Å². The topological polar surface area (TPSA) is 103 Å². The Labute approximate surface area is 163 Å². The van der Waals surface area contributed by atoms with E-state index >= 15 is 0 Å². The minimum Gasteiger partial charge on any atom is -0.380 e. The molecule has 28 heavy (non-hydrogen) atoms. The molecule has 1 unspecified atom stereocenters. The number of benzene rings is 2. The molecule has 1 aliphatic heterocycles. The van der Waals surface area contributed by atoms with Crippen molar-refractivity contribution in [3.8, 4) is 6.07 Å². The number of aliphatic hydroxyl groups is 1. The van der Waals surface area contributed by atoms with E-state index in [1.165, 1.54) is 4.90 Å². The summed E-state index contributed by atoms with van der Waals surface area (Å²) in [4.78, 5) is 27.2. The first-order valence-electron chi connectivity index (χ1n) is 8.89. The highest BCUT2D eigenvalue weighted by Gasteiger charge is 2.53. The van der Waals surface area contributed by atoms with E-state index in [0.29, 0.717) is 17.8 Å². The van der Waals surface area contributed by atoms with Gasteiger partial charge in [0.1, 0.15) is 0 Å². The van der Waals surface area contributed by atoms with Gasteiger partial charge in [0.15, 0.2) is 11.7 Å². The van der Waals surface area contributed by atoms with E-state index < -0.39 is 23.5 Å². The average Bonchev–Trinajstić information content (AvgIpc) is 2.72. The van der Waals surface area contributed by atoms with Crippen LogP contribution in [-0.4, -0.2) is 53.7 Å². The molecule has 0 aliphatic carbocycles. The zero-order valence-corrected chi connectivity index (χ0v) is 15.5. The van der Waals surface area contributed by atoms with Crippen molar-refractivity contribution < 1.29 is 19.4 Å². The lowest BCUT2D eigenvalue weighted by Gasteiger charge is -2.42. The molecule has 2 amide bonds. The van der Waals surface area contributed by atoms with Gasteiger partial charge in [-0.3, -0.25) is 9.59 Å². The van der Waals surface area contributed by atoms with Crippen LogP contribution in [0.5, 0.6) is 0 Å². The van der Waals surface area contributed by atoms with E-state index in [1.807, 2.05) is 36.4 Å². The number of nitrogens with zero attached hydrogens (tertiary/aromatic N) is 2. The molecule has 2 aromatic rings. The normalized spacial score (nSPS) is 20.3. The molecule has 2 atom stereocenters. The number of aliphatic hydroxyl groups excluding tert-OH is 1. The number of ether oxygens (including phenoxy) is 1. The van der Waals surface area contributed by atoms with Gasteiger partial charge in [-0.2, -0.15) is 5.26 Å². The van der Waals surface area contributed by atoms with E-state index in [1.54, 1.807) is 31.3 Å². The van der Waals surface area contributed by atoms with Gasteiger partial charge >= 0.3 is 0 Å². The van der Waals surface area contributed by atoms with Crippen molar-refractivity contribution in [1.29, 1.82) is 5.26 Å². The Balaban J connectivity index is 1.87. The van der Waals surface area contributed by atoms with Gasteiger partial charge in [0.05, 0.1) is 18.2 Å². The average molecular weight is 379 g/mol. The second-order valence-corrected chi connectivity index (χ2v) is 6.71. The van der Waals surface area contributed by atoms with Gasteiger partial charge in [0, 0.05) is 25.7 Å².